The topological polar surface area (TPSA) is 38.7 Å². The van der Waals surface area contributed by atoms with Crippen molar-refractivity contribution in [3.05, 3.63) is 152 Å². The third kappa shape index (κ3) is 3.87. The Morgan fingerprint density at radius 3 is 1.59 bits per heavy atom. The van der Waals surface area contributed by atoms with Crippen molar-refractivity contribution in [1.29, 1.82) is 0 Å². The Labute approximate surface area is 254 Å². The molecule has 3 nitrogen and oxygen atoms in total. The van der Waals surface area contributed by atoms with Crippen molar-refractivity contribution in [1.82, 2.24) is 15.0 Å². The van der Waals surface area contributed by atoms with Crippen LogP contribution in [0.1, 0.15) is 0 Å². The number of fused-ring (bicyclic) bond motifs is 1. The fraction of sp³-hybridized carbons (Fsp3) is 0. The molecule has 9 aromatic rings. The van der Waals surface area contributed by atoms with Crippen LogP contribution in [0.25, 0.3) is 87.7 Å². The van der Waals surface area contributed by atoms with Gasteiger partial charge in [-0.2, -0.15) is 0 Å². The molecule has 0 aliphatic rings. The molecule has 0 saturated heterocycles. The Kier molecular flexibility index (Phi) is 5.50. The molecule has 44 heavy (non-hydrogen) atoms. The van der Waals surface area contributed by atoms with Crippen molar-refractivity contribution in [2.24, 2.45) is 0 Å². The first-order valence-corrected chi connectivity index (χ1v) is 14.8. The molecule has 0 unspecified atom stereocenters. The van der Waals surface area contributed by atoms with Gasteiger partial charge in [0.15, 0.2) is 0 Å². The molecule has 6 aromatic carbocycles. The largest absolute Gasteiger partial charge is 0.264 e. The van der Waals surface area contributed by atoms with Gasteiger partial charge in [0.1, 0.15) is 0 Å². The van der Waals surface area contributed by atoms with Gasteiger partial charge in [-0.3, -0.25) is 15.0 Å². The molecule has 0 aliphatic heterocycles. The molecule has 0 amide bonds. The Morgan fingerprint density at radius 2 is 0.932 bits per heavy atom. The number of aromatic nitrogens is 3. The fourth-order valence-corrected chi connectivity index (χ4v) is 6.79. The second-order valence-corrected chi connectivity index (χ2v) is 11.3. The zero-order chi connectivity index (χ0) is 29.0. The van der Waals surface area contributed by atoms with E-state index in [4.69, 9.17) is 4.98 Å². The number of hydrogen-bond donors (Lipinski definition) is 0. The summed E-state index contributed by atoms with van der Waals surface area (Å²) in [4.78, 5) is 13.6. The van der Waals surface area contributed by atoms with Crippen LogP contribution < -0.4 is 0 Å². The maximum Gasteiger partial charge on any atom is 0.0780 e. The monoisotopic (exact) mass is 559 g/mol. The van der Waals surface area contributed by atoms with Gasteiger partial charge in [-0.15, -0.1) is 0 Å². The molecule has 0 radical (unpaired) electrons. The van der Waals surface area contributed by atoms with Crippen LogP contribution in [0.5, 0.6) is 0 Å². The Morgan fingerprint density at radius 1 is 0.364 bits per heavy atom. The third-order valence-electron chi connectivity index (χ3n) is 8.82. The lowest BCUT2D eigenvalue weighted by atomic mass is 9.86. The molecule has 3 heterocycles. The van der Waals surface area contributed by atoms with Crippen LogP contribution in [0.4, 0.5) is 0 Å². The number of pyridine rings is 3. The molecule has 3 heteroatoms. The zero-order valence-corrected chi connectivity index (χ0v) is 23.8. The van der Waals surface area contributed by atoms with E-state index in [1.807, 2.05) is 49.2 Å². The first-order valence-electron chi connectivity index (χ1n) is 14.8. The molecule has 0 spiro atoms. The van der Waals surface area contributed by atoms with Crippen LogP contribution in [-0.4, -0.2) is 15.0 Å². The second kappa shape index (κ2) is 9.82. The molecular weight excluding hydrogens is 534 g/mol. The summed E-state index contributed by atoms with van der Waals surface area (Å²) >= 11 is 0. The van der Waals surface area contributed by atoms with Gasteiger partial charge in [0.2, 0.25) is 0 Å². The van der Waals surface area contributed by atoms with Gasteiger partial charge in [0, 0.05) is 53.1 Å². The molecule has 0 fully saturated rings. The summed E-state index contributed by atoms with van der Waals surface area (Å²) in [6.45, 7) is 0. The fourth-order valence-electron chi connectivity index (χ4n) is 6.79. The van der Waals surface area contributed by atoms with Gasteiger partial charge in [-0.1, -0.05) is 84.9 Å². The summed E-state index contributed by atoms with van der Waals surface area (Å²) in [6, 6.07) is 43.8. The van der Waals surface area contributed by atoms with Gasteiger partial charge in [0.25, 0.3) is 0 Å². The van der Waals surface area contributed by atoms with E-state index in [0.717, 1.165) is 38.7 Å². The lowest BCUT2D eigenvalue weighted by Gasteiger charge is -2.18. The first kappa shape index (κ1) is 24.6. The lowest BCUT2D eigenvalue weighted by Crippen LogP contribution is -1.91. The van der Waals surface area contributed by atoms with Crippen LogP contribution in [0, 0.1) is 0 Å². The second-order valence-electron chi connectivity index (χ2n) is 11.3. The predicted octanol–water partition coefficient (Wildman–Crippen LogP) is 10.6. The SMILES string of the molecule is c1cncc(-c2cc(-c3cccnc3)cc(-c3ccc4ccc5c(-c6cccc7cccnc67)ccc6ccc3c4c65)c2)c1. The number of rotatable bonds is 4. The quantitative estimate of drug-likeness (QED) is 0.201. The van der Waals surface area contributed by atoms with Crippen LogP contribution in [0.2, 0.25) is 0 Å². The third-order valence-corrected chi connectivity index (χ3v) is 8.82. The van der Waals surface area contributed by atoms with E-state index in [0.29, 0.717) is 0 Å². The minimum atomic E-state index is 1.03. The standard InChI is InChI=1S/C41H25N3/c1-5-28-6-4-20-44-41(28)38(9-1)35-15-11-27-12-16-36-34(14-10-26-13-17-37(35)40(27)39(26)36)33-22-31(29-7-2-18-42-24-29)21-32(23-33)30-8-3-19-43-25-30/h1-25H. The average Bonchev–Trinajstić information content (AvgIpc) is 3.11. The van der Waals surface area contributed by atoms with Gasteiger partial charge < -0.3 is 0 Å². The van der Waals surface area contributed by atoms with E-state index in [9.17, 15) is 0 Å². The van der Waals surface area contributed by atoms with Gasteiger partial charge in [-0.25, -0.2) is 0 Å². The van der Waals surface area contributed by atoms with E-state index >= 15 is 0 Å². The van der Waals surface area contributed by atoms with Crippen LogP contribution in [0.3, 0.4) is 0 Å². The van der Waals surface area contributed by atoms with Crippen LogP contribution in [0.15, 0.2) is 152 Å². The summed E-state index contributed by atoms with van der Waals surface area (Å²) in [5.41, 5.74) is 10.2. The molecule has 0 saturated carbocycles. The van der Waals surface area contributed by atoms with E-state index in [2.05, 4.69) is 113 Å². The van der Waals surface area contributed by atoms with Crippen molar-refractivity contribution in [3.63, 3.8) is 0 Å². The molecule has 204 valence electrons. The van der Waals surface area contributed by atoms with E-state index in [1.165, 1.54) is 49.0 Å². The molecule has 0 aliphatic carbocycles. The minimum absolute atomic E-state index is 1.03. The summed E-state index contributed by atoms with van der Waals surface area (Å²) in [5, 5.41) is 8.71. The van der Waals surface area contributed by atoms with Crippen molar-refractivity contribution < 1.29 is 0 Å². The smallest absolute Gasteiger partial charge is 0.0780 e. The van der Waals surface area contributed by atoms with Gasteiger partial charge in [0.05, 0.1) is 5.52 Å². The predicted molar refractivity (Wildman–Crippen MR) is 183 cm³/mol. The van der Waals surface area contributed by atoms with Gasteiger partial charge in [-0.05, 0) is 96.5 Å². The van der Waals surface area contributed by atoms with Crippen molar-refractivity contribution >= 4 is 43.2 Å². The molecule has 9 rings (SSSR count). The molecular formula is C41H25N3. The Bertz CT molecular complexity index is 2420. The van der Waals surface area contributed by atoms with Gasteiger partial charge >= 0.3 is 0 Å². The number of hydrogen-bond acceptors (Lipinski definition) is 3. The van der Waals surface area contributed by atoms with E-state index in [1.54, 1.807) is 0 Å². The van der Waals surface area contributed by atoms with E-state index in [-0.39, 0.29) is 0 Å². The summed E-state index contributed by atoms with van der Waals surface area (Å²) in [5.74, 6) is 0. The highest BCUT2D eigenvalue weighted by molar-refractivity contribution is 6.28. The summed E-state index contributed by atoms with van der Waals surface area (Å²) in [7, 11) is 0. The molecule has 0 atom stereocenters. The maximum atomic E-state index is 4.78. The van der Waals surface area contributed by atoms with Crippen LogP contribution in [-0.2, 0) is 0 Å². The molecule has 0 bridgehead atoms. The Hall–Kier alpha value is -5.93. The highest BCUT2D eigenvalue weighted by Crippen LogP contribution is 2.44. The summed E-state index contributed by atoms with van der Waals surface area (Å²) < 4.78 is 0. The van der Waals surface area contributed by atoms with Crippen molar-refractivity contribution in [3.8, 4) is 44.5 Å². The normalized spacial score (nSPS) is 11.6. The molecule has 0 N–H and O–H groups in total. The molecule has 3 aromatic heterocycles. The maximum absolute atomic E-state index is 4.78. The number of nitrogens with zero attached hydrogens (tertiary/aromatic N) is 3. The van der Waals surface area contributed by atoms with Crippen molar-refractivity contribution in [2.45, 2.75) is 0 Å². The number of benzene rings is 6. The number of para-hydroxylation sites is 1. The summed E-state index contributed by atoms with van der Waals surface area (Å²) in [6.07, 6.45) is 9.38. The lowest BCUT2D eigenvalue weighted by molar-refractivity contribution is 1.32. The Balaban J connectivity index is 1.32. The average molecular weight is 560 g/mol. The minimum Gasteiger partial charge on any atom is -0.264 e. The van der Waals surface area contributed by atoms with Crippen molar-refractivity contribution in [2.75, 3.05) is 0 Å². The highest BCUT2D eigenvalue weighted by atomic mass is 14.6. The first-order chi connectivity index (χ1) is 21.8. The zero-order valence-electron chi connectivity index (χ0n) is 23.8. The van der Waals surface area contributed by atoms with E-state index < -0.39 is 0 Å². The highest BCUT2D eigenvalue weighted by Gasteiger charge is 2.17. The van der Waals surface area contributed by atoms with Crippen LogP contribution >= 0.6 is 0 Å².